The van der Waals surface area contributed by atoms with Gasteiger partial charge in [0.1, 0.15) is 6.33 Å². The smallest absolute Gasteiger partial charge is 0.198 e. The van der Waals surface area contributed by atoms with E-state index >= 15 is 0 Å². The largest absolute Gasteiger partial charge is 0.490 e. The quantitative estimate of drug-likeness (QED) is 0.841. The van der Waals surface area contributed by atoms with Gasteiger partial charge in [0.2, 0.25) is 0 Å². The number of anilines is 1. The lowest BCUT2D eigenvalue weighted by Crippen LogP contribution is -2.41. The summed E-state index contributed by atoms with van der Waals surface area (Å²) in [6, 6.07) is 0. The van der Waals surface area contributed by atoms with Crippen molar-refractivity contribution in [3.05, 3.63) is 11.5 Å². The molecule has 1 aromatic rings. The highest BCUT2D eigenvalue weighted by atomic mass is 35.5. The maximum absolute atomic E-state index is 5.95. The Morgan fingerprint density at radius 1 is 1.41 bits per heavy atom. The Hall–Kier alpha value is -1.07. The summed E-state index contributed by atoms with van der Waals surface area (Å²) < 4.78 is 10.6. The van der Waals surface area contributed by atoms with Crippen LogP contribution in [0.15, 0.2) is 6.33 Å². The number of nitrogens with one attached hydrogen (secondary N) is 1. The lowest BCUT2D eigenvalue weighted by molar-refractivity contribution is 0.0656. The van der Waals surface area contributed by atoms with Crippen LogP contribution in [0.1, 0.15) is 19.8 Å². The first-order valence-electron chi connectivity index (χ1n) is 5.55. The summed E-state index contributed by atoms with van der Waals surface area (Å²) in [5.41, 5.74) is -0.0385. The van der Waals surface area contributed by atoms with Crippen LogP contribution in [0.5, 0.6) is 5.75 Å². The van der Waals surface area contributed by atoms with Crippen LogP contribution in [0.2, 0.25) is 5.15 Å². The molecule has 6 heteroatoms. The second-order valence-corrected chi connectivity index (χ2v) is 4.70. The Kier molecular flexibility index (Phi) is 3.69. The number of methoxy groups -OCH3 is 1. The van der Waals surface area contributed by atoms with Crippen LogP contribution in [-0.4, -0.2) is 35.8 Å². The van der Waals surface area contributed by atoms with Crippen LogP contribution in [0.4, 0.5) is 5.82 Å². The molecular formula is C11H16ClN3O2. The van der Waals surface area contributed by atoms with Crippen molar-refractivity contribution in [1.82, 2.24) is 9.97 Å². The maximum atomic E-state index is 5.95. The highest BCUT2D eigenvalue weighted by Crippen LogP contribution is 2.33. The van der Waals surface area contributed by atoms with E-state index in [-0.39, 0.29) is 5.54 Å². The predicted molar refractivity (Wildman–Crippen MR) is 65.7 cm³/mol. The van der Waals surface area contributed by atoms with Crippen molar-refractivity contribution in [2.75, 3.05) is 25.6 Å². The van der Waals surface area contributed by atoms with E-state index in [1.807, 2.05) is 0 Å². The maximum Gasteiger partial charge on any atom is 0.198 e. The van der Waals surface area contributed by atoms with Crippen molar-refractivity contribution in [2.45, 2.75) is 25.3 Å². The molecule has 0 aromatic carbocycles. The van der Waals surface area contributed by atoms with Crippen molar-refractivity contribution in [1.29, 1.82) is 0 Å². The number of rotatable bonds is 3. The molecule has 94 valence electrons. The molecule has 1 N–H and O–H groups in total. The van der Waals surface area contributed by atoms with Crippen molar-refractivity contribution < 1.29 is 9.47 Å². The molecule has 2 rings (SSSR count). The highest BCUT2D eigenvalue weighted by molar-refractivity contribution is 6.31. The van der Waals surface area contributed by atoms with E-state index in [0.717, 1.165) is 26.1 Å². The number of halogens is 1. The summed E-state index contributed by atoms with van der Waals surface area (Å²) in [5.74, 6) is 1.12. The minimum Gasteiger partial charge on any atom is -0.490 e. The second-order valence-electron chi connectivity index (χ2n) is 4.34. The first-order valence-corrected chi connectivity index (χ1v) is 5.93. The number of hydrogen-bond acceptors (Lipinski definition) is 5. The molecule has 0 atom stereocenters. The fourth-order valence-corrected chi connectivity index (χ4v) is 2.07. The molecule has 1 aromatic heterocycles. The Balaban J connectivity index is 2.20. The lowest BCUT2D eigenvalue weighted by atomic mass is 9.92. The molecule has 1 aliphatic heterocycles. The molecule has 0 radical (unpaired) electrons. The van der Waals surface area contributed by atoms with Crippen molar-refractivity contribution >= 4 is 17.4 Å². The monoisotopic (exact) mass is 257 g/mol. The number of nitrogens with zero attached hydrogens (tertiary/aromatic N) is 2. The highest BCUT2D eigenvalue weighted by Gasteiger charge is 2.29. The Morgan fingerprint density at radius 3 is 2.76 bits per heavy atom. The number of aromatic nitrogens is 2. The molecule has 0 unspecified atom stereocenters. The molecular weight excluding hydrogens is 242 g/mol. The Bertz CT molecular complexity index is 394. The van der Waals surface area contributed by atoms with Gasteiger partial charge in [-0.05, 0) is 19.8 Å². The molecule has 0 aliphatic carbocycles. The number of ether oxygens (including phenoxy) is 2. The van der Waals surface area contributed by atoms with Crippen molar-refractivity contribution in [3.8, 4) is 5.75 Å². The molecule has 0 amide bonds. The summed E-state index contributed by atoms with van der Waals surface area (Å²) in [4.78, 5) is 8.07. The summed E-state index contributed by atoms with van der Waals surface area (Å²) in [6.45, 7) is 3.65. The molecule has 0 spiro atoms. The van der Waals surface area contributed by atoms with Crippen LogP contribution >= 0.6 is 11.6 Å². The van der Waals surface area contributed by atoms with Gasteiger partial charge in [0.05, 0.1) is 7.11 Å². The van der Waals surface area contributed by atoms with Gasteiger partial charge in [-0.3, -0.25) is 0 Å². The van der Waals surface area contributed by atoms with Crippen molar-refractivity contribution in [2.24, 2.45) is 0 Å². The minimum atomic E-state index is -0.0385. The third-order valence-electron chi connectivity index (χ3n) is 2.98. The standard InChI is InChI=1S/C11H16ClN3O2/c1-11(3-5-17-6-4-11)15-10-8(16-2)9(12)13-7-14-10/h7H,3-6H2,1-2H3,(H,13,14,15). The molecule has 5 nitrogen and oxygen atoms in total. The molecule has 2 heterocycles. The van der Waals surface area contributed by atoms with Crippen LogP contribution in [-0.2, 0) is 4.74 Å². The molecule has 0 bridgehead atoms. The predicted octanol–water partition coefficient (Wildman–Crippen LogP) is 2.12. The summed E-state index contributed by atoms with van der Waals surface area (Å²) in [5, 5.41) is 3.70. The van der Waals surface area contributed by atoms with Gasteiger partial charge in [0.15, 0.2) is 16.7 Å². The van der Waals surface area contributed by atoms with E-state index in [9.17, 15) is 0 Å². The van der Waals surface area contributed by atoms with Gasteiger partial charge in [-0.2, -0.15) is 0 Å². The minimum absolute atomic E-state index is 0.0385. The van der Waals surface area contributed by atoms with Gasteiger partial charge in [-0.1, -0.05) is 11.6 Å². The van der Waals surface area contributed by atoms with Crippen LogP contribution < -0.4 is 10.1 Å². The van der Waals surface area contributed by atoms with E-state index in [1.54, 1.807) is 7.11 Å². The molecule has 0 saturated carbocycles. The SMILES string of the molecule is COc1c(Cl)ncnc1NC1(C)CCOCC1. The zero-order valence-electron chi connectivity index (χ0n) is 9.99. The van der Waals surface area contributed by atoms with Crippen molar-refractivity contribution in [3.63, 3.8) is 0 Å². The summed E-state index contributed by atoms with van der Waals surface area (Å²) >= 11 is 5.95. The van der Waals surface area contributed by atoms with Crippen LogP contribution in [0, 0.1) is 0 Å². The van der Waals surface area contributed by atoms with E-state index in [4.69, 9.17) is 21.1 Å². The molecule has 1 aliphatic rings. The van der Waals surface area contributed by atoms with Gasteiger partial charge in [0.25, 0.3) is 0 Å². The zero-order valence-corrected chi connectivity index (χ0v) is 10.8. The lowest BCUT2D eigenvalue weighted by Gasteiger charge is -2.35. The summed E-state index contributed by atoms with van der Waals surface area (Å²) in [7, 11) is 1.56. The fraction of sp³-hybridized carbons (Fsp3) is 0.636. The molecule has 1 fully saturated rings. The second kappa shape index (κ2) is 5.06. The van der Waals surface area contributed by atoms with Crippen LogP contribution in [0.3, 0.4) is 0 Å². The van der Waals surface area contributed by atoms with Gasteiger partial charge in [-0.25, -0.2) is 9.97 Å². The van der Waals surface area contributed by atoms with E-state index < -0.39 is 0 Å². The summed E-state index contributed by atoms with van der Waals surface area (Å²) in [6.07, 6.45) is 3.28. The van der Waals surface area contributed by atoms with E-state index in [0.29, 0.717) is 16.7 Å². The van der Waals surface area contributed by atoms with Gasteiger partial charge in [-0.15, -0.1) is 0 Å². The van der Waals surface area contributed by atoms with Gasteiger partial charge < -0.3 is 14.8 Å². The Labute approximate surface area is 105 Å². The zero-order chi connectivity index (χ0) is 12.3. The number of hydrogen-bond donors (Lipinski definition) is 1. The third kappa shape index (κ3) is 2.79. The molecule has 1 saturated heterocycles. The van der Waals surface area contributed by atoms with Gasteiger partial charge in [0, 0.05) is 18.8 Å². The van der Waals surface area contributed by atoms with Gasteiger partial charge >= 0.3 is 0 Å². The van der Waals surface area contributed by atoms with E-state index in [1.165, 1.54) is 6.33 Å². The average molecular weight is 258 g/mol. The molecule has 17 heavy (non-hydrogen) atoms. The first kappa shape index (κ1) is 12.4. The normalized spacial score (nSPS) is 18.8. The fourth-order valence-electron chi connectivity index (χ4n) is 1.85. The average Bonchev–Trinajstić information content (AvgIpc) is 2.30. The third-order valence-corrected chi connectivity index (χ3v) is 3.25. The van der Waals surface area contributed by atoms with E-state index in [2.05, 4.69) is 22.2 Å². The Morgan fingerprint density at radius 2 is 2.12 bits per heavy atom. The first-order chi connectivity index (χ1) is 8.14. The van der Waals surface area contributed by atoms with Crippen LogP contribution in [0.25, 0.3) is 0 Å². The topological polar surface area (TPSA) is 56.3 Å².